The van der Waals surface area contributed by atoms with Crippen LogP contribution >= 0.6 is 0 Å². The molecule has 0 unspecified atom stereocenters. The molecule has 0 aliphatic carbocycles. The van der Waals surface area contributed by atoms with E-state index in [-0.39, 0.29) is 29.5 Å². The first-order valence-corrected chi connectivity index (χ1v) is 10.1. The van der Waals surface area contributed by atoms with E-state index < -0.39 is 9.84 Å². The Bertz CT molecular complexity index is 1030. The van der Waals surface area contributed by atoms with E-state index in [1.54, 1.807) is 41.5 Å². The fourth-order valence-corrected chi connectivity index (χ4v) is 3.84. The van der Waals surface area contributed by atoms with Gasteiger partial charge < -0.3 is 5.32 Å². The lowest BCUT2D eigenvalue weighted by atomic mass is 10.1. The minimum Gasteiger partial charge on any atom is -0.352 e. The van der Waals surface area contributed by atoms with Crippen LogP contribution in [0.25, 0.3) is 11.1 Å². The Morgan fingerprint density at radius 2 is 1.89 bits per heavy atom. The van der Waals surface area contributed by atoms with Crippen molar-refractivity contribution in [2.45, 2.75) is 17.9 Å². The summed E-state index contributed by atoms with van der Waals surface area (Å²) in [6, 6.07) is 10.1. The molecule has 1 amide bonds. The SMILES string of the molecule is Cn1cc(-c2cncc(CNC(=O)CCS(=O)(=O)c3ccccc3)c2)cn1. The third kappa shape index (κ3) is 5.01. The highest BCUT2D eigenvalue weighted by atomic mass is 32.2. The Labute approximate surface area is 158 Å². The number of aryl methyl sites for hydroxylation is 1. The summed E-state index contributed by atoms with van der Waals surface area (Å²) >= 11 is 0. The molecule has 3 aromatic rings. The number of carbonyl (C=O) groups excluding carboxylic acids is 1. The average Bonchev–Trinajstić information content (AvgIpc) is 3.12. The first kappa shape index (κ1) is 18.8. The number of nitrogens with zero attached hydrogens (tertiary/aromatic N) is 3. The Balaban J connectivity index is 1.55. The van der Waals surface area contributed by atoms with Gasteiger partial charge in [0.25, 0.3) is 0 Å². The van der Waals surface area contributed by atoms with Gasteiger partial charge in [-0.15, -0.1) is 0 Å². The van der Waals surface area contributed by atoms with Crippen LogP contribution in [0.3, 0.4) is 0 Å². The molecular formula is C19H20N4O3S. The van der Waals surface area contributed by atoms with Crippen molar-refractivity contribution in [3.63, 3.8) is 0 Å². The monoisotopic (exact) mass is 384 g/mol. The van der Waals surface area contributed by atoms with Crippen LogP contribution in [0.2, 0.25) is 0 Å². The van der Waals surface area contributed by atoms with Gasteiger partial charge in [0.2, 0.25) is 5.91 Å². The van der Waals surface area contributed by atoms with E-state index in [4.69, 9.17) is 0 Å². The van der Waals surface area contributed by atoms with Gasteiger partial charge in [-0.05, 0) is 23.8 Å². The largest absolute Gasteiger partial charge is 0.352 e. The molecular weight excluding hydrogens is 364 g/mol. The van der Waals surface area contributed by atoms with Crippen LogP contribution in [0.4, 0.5) is 0 Å². The molecule has 2 heterocycles. The van der Waals surface area contributed by atoms with E-state index in [1.807, 2.05) is 19.3 Å². The fourth-order valence-electron chi connectivity index (χ4n) is 2.57. The molecule has 0 aliphatic heterocycles. The van der Waals surface area contributed by atoms with Gasteiger partial charge in [0.05, 0.1) is 16.8 Å². The van der Waals surface area contributed by atoms with Crippen molar-refractivity contribution in [3.8, 4) is 11.1 Å². The molecule has 0 radical (unpaired) electrons. The molecule has 0 fully saturated rings. The van der Waals surface area contributed by atoms with Crippen LogP contribution in [0.1, 0.15) is 12.0 Å². The van der Waals surface area contributed by atoms with Crippen LogP contribution in [-0.2, 0) is 28.2 Å². The summed E-state index contributed by atoms with van der Waals surface area (Å²) in [5.74, 6) is -0.544. The molecule has 0 saturated carbocycles. The summed E-state index contributed by atoms with van der Waals surface area (Å²) in [7, 11) is -1.62. The van der Waals surface area contributed by atoms with Crippen molar-refractivity contribution in [1.82, 2.24) is 20.1 Å². The van der Waals surface area contributed by atoms with Gasteiger partial charge in [0, 0.05) is 49.7 Å². The lowest BCUT2D eigenvalue weighted by molar-refractivity contribution is -0.120. The molecule has 27 heavy (non-hydrogen) atoms. The standard InChI is InChI=1S/C19H20N4O3S/c1-23-14-17(13-22-23)16-9-15(10-20-12-16)11-21-19(24)7-8-27(25,26)18-5-3-2-4-6-18/h2-6,9-10,12-14H,7-8,11H2,1H3,(H,21,24). The summed E-state index contributed by atoms with van der Waals surface area (Å²) in [6.45, 7) is 0.283. The quantitative estimate of drug-likeness (QED) is 0.672. The molecule has 3 rings (SSSR count). The van der Waals surface area contributed by atoms with E-state index in [1.165, 1.54) is 12.1 Å². The van der Waals surface area contributed by atoms with E-state index in [2.05, 4.69) is 15.4 Å². The topological polar surface area (TPSA) is 94.0 Å². The molecule has 8 heteroatoms. The molecule has 2 aromatic heterocycles. The van der Waals surface area contributed by atoms with Gasteiger partial charge in [-0.25, -0.2) is 8.42 Å². The second kappa shape index (κ2) is 8.13. The summed E-state index contributed by atoms with van der Waals surface area (Å²) in [6.07, 6.45) is 6.93. The van der Waals surface area contributed by atoms with Crippen LogP contribution in [0.5, 0.6) is 0 Å². The van der Waals surface area contributed by atoms with Gasteiger partial charge >= 0.3 is 0 Å². The molecule has 0 spiro atoms. The zero-order chi connectivity index (χ0) is 19.3. The number of sulfone groups is 1. The van der Waals surface area contributed by atoms with Crippen molar-refractivity contribution >= 4 is 15.7 Å². The molecule has 0 bridgehead atoms. The normalized spacial score (nSPS) is 11.3. The Morgan fingerprint density at radius 3 is 2.59 bits per heavy atom. The predicted molar refractivity (Wildman–Crippen MR) is 101 cm³/mol. The van der Waals surface area contributed by atoms with Crippen molar-refractivity contribution < 1.29 is 13.2 Å². The molecule has 140 valence electrons. The Morgan fingerprint density at radius 1 is 1.11 bits per heavy atom. The van der Waals surface area contributed by atoms with Crippen molar-refractivity contribution in [2.24, 2.45) is 7.05 Å². The van der Waals surface area contributed by atoms with Gasteiger partial charge in [-0.1, -0.05) is 18.2 Å². The summed E-state index contributed by atoms with van der Waals surface area (Å²) in [4.78, 5) is 16.5. The van der Waals surface area contributed by atoms with E-state index in [0.717, 1.165) is 16.7 Å². The molecule has 0 atom stereocenters. The minimum absolute atomic E-state index is 0.0903. The highest BCUT2D eigenvalue weighted by Crippen LogP contribution is 2.18. The van der Waals surface area contributed by atoms with Gasteiger partial charge in [0.15, 0.2) is 9.84 Å². The van der Waals surface area contributed by atoms with E-state index in [0.29, 0.717) is 0 Å². The number of pyridine rings is 1. The summed E-state index contributed by atoms with van der Waals surface area (Å²) in [5.41, 5.74) is 2.67. The number of amides is 1. The fraction of sp³-hybridized carbons (Fsp3) is 0.211. The smallest absolute Gasteiger partial charge is 0.221 e. The lowest BCUT2D eigenvalue weighted by Crippen LogP contribution is -2.25. The minimum atomic E-state index is -3.46. The highest BCUT2D eigenvalue weighted by Gasteiger charge is 2.16. The number of carbonyl (C=O) groups is 1. The highest BCUT2D eigenvalue weighted by molar-refractivity contribution is 7.91. The average molecular weight is 384 g/mol. The van der Waals surface area contributed by atoms with Crippen molar-refractivity contribution in [2.75, 3.05) is 5.75 Å². The first-order chi connectivity index (χ1) is 12.9. The number of rotatable bonds is 7. The van der Waals surface area contributed by atoms with Crippen molar-refractivity contribution in [1.29, 1.82) is 0 Å². The van der Waals surface area contributed by atoms with Crippen LogP contribution in [0.15, 0.2) is 66.1 Å². The third-order valence-electron chi connectivity index (χ3n) is 4.02. The first-order valence-electron chi connectivity index (χ1n) is 8.41. The number of hydrogen-bond acceptors (Lipinski definition) is 5. The van der Waals surface area contributed by atoms with Crippen LogP contribution in [-0.4, -0.2) is 34.8 Å². The molecule has 1 aromatic carbocycles. The summed E-state index contributed by atoms with van der Waals surface area (Å²) < 4.78 is 26.1. The Hall–Kier alpha value is -3.00. The number of benzene rings is 1. The van der Waals surface area contributed by atoms with E-state index in [9.17, 15) is 13.2 Å². The van der Waals surface area contributed by atoms with E-state index >= 15 is 0 Å². The zero-order valence-electron chi connectivity index (χ0n) is 14.9. The third-order valence-corrected chi connectivity index (χ3v) is 5.75. The zero-order valence-corrected chi connectivity index (χ0v) is 15.7. The lowest BCUT2D eigenvalue weighted by Gasteiger charge is -2.07. The Kier molecular flexibility index (Phi) is 5.66. The maximum Gasteiger partial charge on any atom is 0.221 e. The molecule has 7 nitrogen and oxygen atoms in total. The second-order valence-corrected chi connectivity index (χ2v) is 8.25. The summed E-state index contributed by atoms with van der Waals surface area (Å²) in [5, 5.41) is 6.87. The van der Waals surface area contributed by atoms with Gasteiger partial charge in [0.1, 0.15) is 0 Å². The van der Waals surface area contributed by atoms with Crippen molar-refractivity contribution in [3.05, 3.63) is 66.7 Å². The molecule has 1 N–H and O–H groups in total. The predicted octanol–water partition coefficient (Wildman–Crippen LogP) is 1.96. The maximum atomic E-state index is 12.2. The van der Waals surface area contributed by atoms with Gasteiger partial charge in [-0.3, -0.25) is 14.5 Å². The molecule has 0 aliphatic rings. The maximum absolute atomic E-state index is 12.2. The number of nitrogens with one attached hydrogen (secondary N) is 1. The second-order valence-electron chi connectivity index (χ2n) is 6.14. The number of hydrogen-bond donors (Lipinski definition) is 1. The van der Waals surface area contributed by atoms with Crippen LogP contribution in [0, 0.1) is 0 Å². The van der Waals surface area contributed by atoms with Gasteiger partial charge in [-0.2, -0.15) is 5.10 Å². The molecule has 0 saturated heterocycles. The number of aromatic nitrogens is 3. The van der Waals surface area contributed by atoms with Crippen LogP contribution < -0.4 is 5.32 Å².